The van der Waals surface area contributed by atoms with Crippen LogP contribution < -0.4 is 10.2 Å². The zero-order valence-electron chi connectivity index (χ0n) is 15.2. The summed E-state index contributed by atoms with van der Waals surface area (Å²) in [7, 11) is 1.83. The van der Waals surface area contributed by atoms with E-state index in [1.807, 2.05) is 42.3 Å². The summed E-state index contributed by atoms with van der Waals surface area (Å²) in [6.07, 6.45) is 4.15. The Bertz CT molecular complexity index is 961. The van der Waals surface area contributed by atoms with Gasteiger partial charge in [-0.05, 0) is 24.6 Å². The predicted molar refractivity (Wildman–Crippen MR) is 104 cm³/mol. The predicted octanol–water partition coefficient (Wildman–Crippen LogP) is 1.81. The van der Waals surface area contributed by atoms with Crippen LogP contribution in [0.2, 0.25) is 0 Å². The molecule has 1 saturated heterocycles. The first-order valence-corrected chi connectivity index (χ1v) is 9.01. The third-order valence-electron chi connectivity index (χ3n) is 4.63. The molecule has 1 aliphatic rings. The molecule has 0 spiro atoms. The van der Waals surface area contributed by atoms with E-state index in [1.165, 1.54) is 0 Å². The number of hydrogen-bond acceptors (Lipinski definition) is 7. The van der Waals surface area contributed by atoms with Gasteiger partial charge in [0.05, 0.1) is 17.2 Å². The molecule has 8 heteroatoms. The fraction of sp³-hybridized carbons (Fsp3) is 0.316. The molecule has 0 aliphatic carbocycles. The van der Waals surface area contributed by atoms with Gasteiger partial charge in [0.25, 0.3) is 5.91 Å². The molecular weight excluding hydrogens is 342 g/mol. The first kappa shape index (κ1) is 17.1. The lowest BCUT2D eigenvalue weighted by atomic mass is 10.2. The minimum Gasteiger partial charge on any atom is -0.373 e. The van der Waals surface area contributed by atoms with Crippen LogP contribution in [0.15, 0.2) is 42.7 Å². The second-order valence-electron chi connectivity index (χ2n) is 6.37. The van der Waals surface area contributed by atoms with Crippen molar-refractivity contribution in [1.82, 2.24) is 24.8 Å². The molecule has 0 saturated carbocycles. The molecule has 27 heavy (non-hydrogen) atoms. The smallest absolute Gasteiger partial charge is 0.274 e. The number of amides is 1. The van der Waals surface area contributed by atoms with Crippen molar-refractivity contribution in [2.24, 2.45) is 0 Å². The highest BCUT2D eigenvalue weighted by Gasteiger charge is 2.23. The molecule has 0 unspecified atom stereocenters. The third-order valence-corrected chi connectivity index (χ3v) is 4.63. The Hall–Kier alpha value is -3.29. The highest BCUT2D eigenvalue weighted by Crippen LogP contribution is 2.15. The van der Waals surface area contributed by atoms with Crippen molar-refractivity contribution in [2.45, 2.75) is 6.42 Å². The van der Waals surface area contributed by atoms with Crippen molar-refractivity contribution < 1.29 is 4.79 Å². The monoisotopic (exact) mass is 363 g/mol. The van der Waals surface area contributed by atoms with Crippen molar-refractivity contribution in [3.05, 3.63) is 48.4 Å². The van der Waals surface area contributed by atoms with Crippen LogP contribution in [-0.2, 0) is 0 Å². The van der Waals surface area contributed by atoms with Crippen LogP contribution in [0.5, 0.6) is 0 Å². The van der Waals surface area contributed by atoms with Crippen molar-refractivity contribution in [3.63, 3.8) is 0 Å². The second kappa shape index (κ2) is 7.53. The molecule has 0 bridgehead atoms. The van der Waals surface area contributed by atoms with Crippen LogP contribution in [0.3, 0.4) is 0 Å². The summed E-state index contributed by atoms with van der Waals surface area (Å²) >= 11 is 0. The molecule has 1 N–H and O–H groups in total. The highest BCUT2D eigenvalue weighted by atomic mass is 16.2. The Morgan fingerprint density at radius 1 is 1.00 bits per heavy atom. The standard InChI is InChI=1S/C19H21N7O/c1-20-17-7-8-21-19(24-17)26-10-4-9-25(11-12-26)18(27)16-13-22-14-5-2-3-6-15(14)23-16/h2-3,5-8,13H,4,9-12H2,1H3,(H,20,21,24). The van der Waals surface area contributed by atoms with E-state index in [2.05, 4.69) is 30.2 Å². The summed E-state index contributed by atoms with van der Waals surface area (Å²) in [4.78, 5) is 34.5. The Kier molecular flexibility index (Phi) is 4.78. The van der Waals surface area contributed by atoms with Crippen LogP contribution in [-0.4, -0.2) is 64.0 Å². The van der Waals surface area contributed by atoms with Crippen LogP contribution in [0.4, 0.5) is 11.8 Å². The summed E-state index contributed by atoms with van der Waals surface area (Å²) in [5.74, 6) is 1.38. The van der Waals surface area contributed by atoms with E-state index in [-0.39, 0.29) is 5.91 Å². The molecule has 1 fully saturated rings. The molecule has 0 radical (unpaired) electrons. The number of hydrogen-bond donors (Lipinski definition) is 1. The van der Waals surface area contributed by atoms with Gasteiger partial charge in [-0.25, -0.2) is 9.97 Å². The summed E-state index contributed by atoms with van der Waals surface area (Å²) in [6, 6.07) is 9.39. The first-order chi connectivity index (χ1) is 13.2. The van der Waals surface area contributed by atoms with Gasteiger partial charge in [-0.3, -0.25) is 9.78 Å². The van der Waals surface area contributed by atoms with Crippen molar-refractivity contribution >= 4 is 28.7 Å². The van der Waals surface area contributed by atoms with E-state index in [4.69, 9.17) is 0 Å². The lowest BCUT2D eigenvalue weighted by Crippen LogP contribution is -2.36. The highest BCUT2D eigenvalue weighted by molar-refractivity contribution is 5.93. The first-order valence-electron chi connectivity index (χ1n) is 9.01. The molecule has 4 rings (SSSR count). The van der Waals surface area contributed by atoms with Crippen LogP contribution in [0.1, 0.15) is 16.9 Å². The summed E-state index contributed by atoms with van der Waals surface area (Å²) in [6.45, 7) is 2.76. The van der Waals surface area contributed by atoms with Crippen molar-refractivity contribution in [2.75, 3.05) is 43.4 Å². The number of nitrogens with zero attached hydrogens (tertiary/aromatic N) is 6. The number of carbonyl (C=O) groups is 1. The minimum absolute atomic E-state index is 0.0833. The Balaban J connectivity index is 1.49. The fourth-order valence-corrected chi connectivity index (χ4v) is 3.18. The van der Waals surface area contributed by atoms with Gasteiger partial charge >= 0.3 is 0 Å². The molecular formula is C19H21N7O. The van der Waals surface area contributed by atoms with Gasteiger partial charge in [-0.1, -0.05) is 12.1 Å². The number of anilines is 2. The maximum Gasteiger partial charge on any atom is 0.274 e. The number of aromatic nitrogens is 4. The van der Waals surface area contributed by atoms with E-state index in [0.717, 1.165) is 29.8 Å². The van der Waals surface area contributed by atoms with Gasteiger partial charge in [0.15, 0.2) is 0 Å². The van der Waals surface area contributed by atoms with E-state index >= 15 is 0 Å². The molecule has 3 aromatic rings. The molecule has 8 nitrogen and oxygen atoms in total. The van der Waals surface area contributed by atoms with Gasteiger partial charge in [0.2, 0.25) is 5.95 Å². The Morgan fingerprint density at radius 2 is 1.85 bits per heavy atom. The lowest BCUT2D eigenvalue weighted by Gasteiger charge is -2.22. The topological polar surface area (TPSA) is 87.1 Å². The number of para-hydroxylation sites is 2. The maximum absolute atomic E-state index is 12.9. The molecule has 138 valence electrons. The molecule has 1 amide bonds. The average Bonchev–Trinajstić information content (AvgIpc) is 2.99. The van der Waals surface area contributed by atoms with E-state index in [9.17, 15) is 4.79 Å². The fourth-order valence-electron chi connectivity index (χ4n) is 3.18. The number of carbonyl (C=O) groups excluding carboxylic acids is 1. The van der Waals surface area contributed by atoms with Gasteiger partial charge in [0.1, 0.15) is 11.5 Å². The molecule has 3 heterocycles. The zero-order chi connectivity index (χ0) is 18.6. The van der Waals surface area contributed by atoms with Gasteiger partial charge < -0.3 is 15.1 Å². The zero-order valence-corrected chi connectivity index (χ0v) is 15.2. The number of fused-ring (bicyclic) bond motifs is 1. The summed E-state index contributed by atoms with van der Waals surface area (Å²) in [5, 5.41) is 3.03. The summed E-state index contributed by atoms with van der Waals surface area (Å²) in [5.41, 5.74) is 1.91. The van der Waals surface area contributed by atoms with Gasteiger partial charge in [-0.15, -0.1) is 0 Å². The molecule has 1 aliphatic heterocycles. The molecule has 2 aromatic heterocycles. The third kappa shape index (κ3) is 3.64. The van der Waals surface area contributed by atoms with Crippen LogP contribution in [0, 0.1) is 0 Å². The number of benzene rings is 1. The minimum atomic E-state index is -0.0833. The Labute approximate surface area is 157 Å². The molecule has 1 aromatic carbocycles. The normalized spacial score (nSPS) is 14.9. The van der Waals surface area contributed by atoms with Crippen LogP contribution in [0.25, 0.3) is 11.0 Å². The van der Waals surface area contributed by atoms with Crippen molar-refractivity contribution in [1.29, 1.82) is 0 Å². The van der Waals surface area contributed by atoms with Crippen molar-refractivity contribution in [3.8, 4) is 0 Å². The summed E-state index contributed by atoms with van der Waals surface area (Å²) < 4.78 is 0. The number of nitrogens with one attached hydrogen (secondary N) is 1. The number of rotatable bonds is 3. The van der Waals surface area contributed by atoms with E-state index in [1.54, 1.807) is 12.4 Å². The SMILES string of the molecule is CNc1ccnc(N2CCCN(C(=O)c3cnc4ccccc4n3)CC2)n1. The Morgan fingerprint density at radius 3 is 2.70 bits per heavy atom. The van der Waals surface area contributed by atoms with Gasteiger partial charge in [-0.2, -0.15) is 4.98 Å². The maximum atomic E-state index is 12.9. The van der Waals surface area contributed by atoms with Gasteiger partial charge in [0, 0.05) is 39.4 Å². The largest absolute Gasteiger partial charge is 0.373 e. The van der Waals surface area contributed by atoms with E-state index in [0.29, 0.717) is 31.3 Å². The average molecular weight is 363 g/mol. The van der Waals surface area contributed by atoms with Crippen LogP contribution >= 0.6 is 0 Å². The molecule has 0 atom stereocenters. The quantitative estimate of drug-likeness (QED) is 0.759. The second-order valence-corrected chi connectivity index (χ2v) is 6.37. The van der Waals surface area contributed by atoms with E-state index < -0.39 is 0 Å². The lowest BCUT2D eigenvalue weighted by molar-refractivity contribution is 0.0761.